The molecule has 2 nitrogen and oxygen atoms in total. The van der Waals surface area contributed by atoms with Gasteiger partial charge in [0.05, 0.1) is 0 Å². The third-order valence-corrected chi connectivity index (χ3v) is 12.7. The highest BCUT2D eigenvalue weighted by atomic mass is 32.1. The molecule has 0 radical (unpaired) electrons. The summed E-state index contributed by atoms with van der Waals surface area (Å²) in [6, 6.07) is 63.5. The molecular weight excluding hydrogens is 671 g/mol. The Kier molecular flexibility index (Phi) is 6.63. The molecule has 0 amide bonds. The Hall–Kier alpha value is -6.20. The molecule has 0 spiro atoms. The second-order valence-corrected chi connectivity index (χ2v) is 15.4. The maximum Gasteiger partial charge on any atom is 0.134 e. The van der Waals surface area contributed by atoms with Crippen molar-refractivity contribution in [3.8, 4) is 22.6 Å². The van der Waals surface area contributed by atoms with Crippen LogP contribution in [0.4, 0.5) is 17.1 Å². The number of fused-ring (bicyclic) bond motifs is 10. The lowest BCUT2D eigenvalue weighted by Crippen LogP contribution is -2.09. The summed E-state index contributed by atoms with van der Waals surface area (Å²) in [4.78, 5) is 2.38. The Labute approximate surface area is 308 Å². The molecule has 11 rings (SSSR count). The molecule has 3 heterocycles. The Morgan fingerprint density at radius 1 is 0.346 bits per heavy atom. The lowest BCUT2D eigenvalue weighted by atomic mass is 10.0. The molecule has 0 aliphatic heterocycles. The highest BCUT2D eigenvalue weighted by molar-refractivity contribution is 7.27. The molecule has 244 valence electrons. The molecule has 0 aliphatic carbocycles. The van der Waals surface area contributed by atoms with E-state index in [1.54, 1.807) is 0 Å². The molecular formula is C48H29NOS2. The Balaban J connectivity index is 1.05. The SMILES string of the molecule is c1ccc(-c2ccc(-c3ccc(N(c4ccc5c(ccc6c7ccccc7sc56)c4)c4ccc5c(ccc6c7ccccc7sc56)c4)cc3)o2)cc1. The molecule has 0 bridgehead atoms. The second-order valence-electron chi connectivity index (χ2n) is 13.3. The number of anilines is 3. The largest absolute Gasteiger partial charge is 0.456 e. The summed E-state index contributed by atoms with van der Waals surface area (Å²) < 4.78 is 11.7. The quantitative estimate of drug-likeness (QED) is 0.178. The summed E-state index contributed by atoms with van der Waals surface area (Å²) in [6.07, 6.45) is 0. The van der Waals surface area contributed by atoms with Crippen LogP contribution in [0.3, 0.4) is 0 Å². The summed E-state index contributed by atoms with van der Waals surface area (Å²) in [7, 11) is 0. The van der Waals surface area contributed by atoms with Gasteiger partial charge in [-0.2, -0.15) is 0 Å². The summed E-state index contributed by atoms with van der Waals surface area (Å²) >= 11 is 3.76. The first-order chi connectivity index (χ1) is 25.7. The van der Waals surface area contributed by atoms with Crippen molar-refractivity contribution in [2.24, 2.45) is 0 Å². The van der Waals surface area contributed by atoms with Crippen molar-refractivity contribution in [2.75, 3.05) is 4.90 Å². The first-order valence-corrected chi connectivity index (χ1v) is 19.1. The van der Waals surface area contributed by atoms with E-state index in [9.17, 15) is 0 Å². The zero-order valence-electron chi connectivity index (χ0n) is 27.9. The lowest BCUT2D eigenvalue weighted by Gasteiger charge is -2.26. The van der Waals surface area contributed by atoms with Gasteiger partial charge >= 0.3 is 0 Å². The van der Waals surface area contributed by atoms with Crippen LogP contribution in [0.5, 0.6) is 0 Å². The maximum absolute atomic E-state index is 6.32. The normalized spacial score (nSPS) is 11.8. The highest BCUT2D eigenvalue weighted by Crippen LogP contribution is 2.44. The number of hydrogen-bond donors (Lipinski definition) is 0. The molecule has 0 saturated heterocycles. The van der Waals surface area contributed by atoms with Gasteiger partial charge in [0.25, 0.3) is 0 Å². The average Bonchev–Trinajstić information content (AvgIpc) is 3.95. The van der Waals surface area contributed by atoms with Crippen molar-refractivity contribution >= 4 is 102 Å². The third-order valence-electron chi connectivity index (χ3n) is 10.3. The van der Waals surface area contributed by atoms with E-state index in [2.05, 4.69) is 163 Å². The van der Waals surface area contributed by atoms with Crippen molar-refractivity contribution < 1.29 is 4.42 Å². The van der Waals surface area contributed by atoms with Gasteiger partial charge in [0.1, 0.15) is 11.5 Å². The van der Waals surface area contributed by atoms with Crippen molar-refractivity contribution in [1.29, 1.82) is 0 Å². The van der Waals surface area contributed by atoms with Gasteiger partial charge in [-0.3, -0.25) is 0 Å². The van der Waals surface area contributed by atoms with E-state index in [0.29, 0.717) is 0 Å². The van der Waals surface area contributed by atoms with Crippen LogP contribution in [-0.2, 0) is 0 Å². The van der Waals surface area contributed by atoms with Crippen LogP contribution in [0.15, 0.2) is 180 Å². The first kappa shape index (κ1) is 29.5. The van der Waals surface area contributed by atoms with Crippen molar-refractivity contribution in [3.63, 3.8) is 0 Å². The van der Waals surface area contributed by atoms with Gasteiger partial charge in [-0.15, -0.1) is 22.7 Å². The Morgan fingerprint density at radius 2 is 0.808 bits per heavy atom. The fourth-order valence-electron chi connectivity index (χ4n) is 7.75. The summed E-state index contributed by atoms with van der Waals surface area (Å²) in [5, 5.41) is 10.3. The third kappa shape index (κ3) is 4.69. The summed E-state index contributed by atoms with van der Waals surface area (Å²) in [6.45, 7) is 0. The molecule has 0 aliphatic rings. The van der Waals surface area contributed by atoms with E-state index in [1.807, 2.05) is 40.9 Å². The molecule has 4 heteroatoms. The van der Waals surface area contributed by atoms with Gasteiger partial charge in [0, 0.05) is 68.5 Å². The number of nitrogens with zero attached hydrogens (tertiary/aromatic N) is 1. The molecule has 0 atom stereocenters. The van der Waals surface area contributed by atoms with E-state index in [-0.39, 0.29) is 0 Å². The molecule has 3 aromatic heterocycles. The highest BCUT2D eigenvalue weighted by Gasteiger charge is 2.17. The van der Waals surface area contributed by atoms with Gasteiger partial charge < -0.3 is 9.32 Å². The van der Waals surface area contributed by atoms with Crippen LogP contribution in [0, 0.1) is 0 Å². The van der Waals surface area contributed by atoms with Crippen LogP contribution in [0.2, 0.25) is 0 Å². The minimum atomic E-state index is 0.855. The van der Waals surface area contributed by atoms with Crippen LogP contribution in [0.25, 0.3) is 84.5 Å². The molecule has 0 saturated carbocycles. The molecule has 0 unspecified atom stereocenters. The zero-order valence-corrected chi connectivity index (χ0v) is 29.5. The molecule has 11 aromatic rings. The van der Waals surface area contributed by atoms with E-state index in [4.69, 9.17) is 4.42 Å². The number of rotatable bonds is 5. The second kappa shape index (κ2) is 11.7. The van der Waals surface area contributed by atoms with Crippen LogP contribution in [0.1, 0.15) is 0 Å². The number of benzene rings is 8. The lowest BCUT2D eigenvalue weighted by molar-refractivity contribution is 0.597. The smallest absolute Gasteiger partial charge is 0.134 e. The number of hydrogen-bond acceptors (Lipinski definition) is 4. The predicted molar refractivity (Wildman–Crippen MR) is 225 cm³/mol. The number of furan rings is 1. The first-order valence-electron chi connectivity index (χ1n) is 17.5. The minimum Gasteiger partial charge on any atom is -0.456 e. The van der Waals surface area contributed by atoms with Gasteiger partial charge in [0.15, 0.2) is 0 Å². The molecule has 0 N–H and O–H groups in total. The van der Waals surface area contributed by atoms with E-state index >= 15 is 0 Å². The zero-order chi connectivity index (χ0) is 34.2. The summed E-state index contributed by atoms with van der Waals surface area (Å²) in [5.74, 6) is 1.72. The van der Waals surface area contributed by atoms with Gasteiger partial charge in [0.2, 0.25) is 0 Å². The molecule has 8 aromatic carbocycles. The van der Waals surface area contributed by atoms with Crippen LogP contribution in [-0.4, -0.2) is 0 Å². The van der Waals surface area contributed by atoms with Crippen molar-refractivity contribution in [1.82, 2.24) is 0 Å². The van der Waals surface area contributed by atoms with Gasteiger partial charge in [-0.05, 0) is 94.3 Å². The standard InChI is InChI=1S/C48H29NOS2/c1-2-8-30(9-3-1)43-26-27-44(50-43)31-14-18-34(19-15-31)49(35-20-24-37-32(28-35)16-22-41-39-10-4-6-12-45(39)51-47(37)41)36-21-25-38-33(29-36)17-23-42-40-11-5-7-13-46(40)52-48(38)42/h1-29H. The fourth-order valence-corrected chi connectivity index (χ4v) is 10.2. The fraction of sp³-hybridized carbons (Fsp3) is 0. The van der Waals surface area contributed by atoms with E-state index < -0.39 is 0 Å². The molecule has 0 fully saturated rings. The van der Waals surface area contributed by atoms with Crippen LogP contribution < -0.4 is 4.90 Å². The number of thiophene rings is 2. The monoisotopic (exact) mass is 699 g/mol. The van der Waals surface area contributed by atoms with Gasteiger partial charge in [-0.1, -0.05) is 103 Å². The predicted octanol–water partition coefficient (Wildman–Crippen LogP) is 15.1. The van der Waals surface area contributed by atoms with Gasteiger partial charge in [-0.25, -0.2) is 0 Å². The van der Waals surface area contributed by atoms with E-state index in [1.165, 1.54) is 61.9 Å². The van der Waals surface area contributed by atoms with Crippen molar-refractivity contribution in [3.05, 3.63) is 176 Å². The molecule has 52 heavy (non-hydrogen) atoms. The van der Waals surface area contributed by atoms with E-state index in [0.717, 1.165) is 39.7 Å². The minimum absolute atomic E-state index is 0.855. The van der Waals surface area contributed by atoms with Crippen LogP contribution >= 0.6 is 22.7 Å². The topological polar surface area (TPSA) is 16.4 Å². The summed E-state index contributed by atoms with van der Waals surface area (Å²) in [5.41, 5.74) is 5.44. The average molecular weight is 700 g/mol. The Morgan fingerprint density at radius 3 is 1.37 bits per heavy atom. The Bertz CT molecular complexity index is 2980. The maximum atomic E-state index is 6.32. The van der Waals surface area contributed by atoms with Crippen molar-refractivity contribution in [2.45, 2.75) is 0 Å².